The Morgan fingerprint density at radius 1 is 1.00 bits per heavy atom. The van der Waals surface area contributed by atoms with Crippen LogP contribution in [0, 0.1) is 0 Å². The maximum atomic E-state index is 5.83. The van der Waals surface area contributed by atoms with Crippen LogP contribution in [0.25, 0.3) is 0 Å². The molecule has 0 saturated heterocycles. The number of rotatable bonds is 7. The summed E-state index contributed by atoms with van der Waals surface area (Å²) in [6.07, 6.45) is 0. The maximum absolute atomic E-state index is 5.83. The second-order valence-corrected chi connectivity index (χ2v) is 4.61. The van der Waals surface area contributed by atoms with Gasteiger partial charge in [-0.25, -0.2) is 5.32 Å². The minimum Gasteiger partial charge on any atom is -0.497 e. The van der Waals surface area contributed by atoms with Crippen molar-refractivity contribution in [2.45, 2.75) is 5.97 Å². The molecular weight excluding hydrogens is 284 g/mol. The first-order valence-corrected chi connectivity index (χ1v) is 6.63. The first-order valence-electron chi connectivity index (χ1n) is 6.63. The molecule has 7 N–H and O–H groups in total. The fourth-order valence-corrected chi connectivity index (χ4v) is 1.73. The predicted octanol–water partition coefficient (Wildman–Crippen LogP) is 0.811. The molecular formula is C15H20N4O3. The molecule has 2 aromatic carbocycles. The molecule has 2 rings (SSSR count). The molecule has 0 aliphatic rings. The van der Waals surface area contributed by atoms with E-state index in [0.29, 0.717) is 22.9 Å². The van der Waals surface area contributed by atoms with Crippen LogP contribution in [0.15, 0.2) is 48.5 Å². The van der Waals surface area contributed by atoms with Crippen LogP contribution in [0.5, 0.6) is 17.2 Å². The zero-order valence-electron chi connectivity index (χ0n) is 12.3. The van der Waals surface area contributed by atoms with Crippen LogP contribution in [0.3, 0.4) is 0 Å². The van der Waals surface area contributed by atoms with Gasteiger partial charge in [-0.05, 0) is 24.3 Å². The maximum Gasteiger partial charge on any atom is 0.276 e. The summed E-state index contributed by atoms with van der Waals surface area (Å²) >= 11 is 0. The van der Waals surface area contributed by atoms with Crippen molar-refractivity contribution in [3.8, 4) is 17.2 Å². The van der Waals surface area contributed by atoms with Crippen molar-refractivity contribution in [1.82, 2.24) is 5.32 Å². The van der Waals surface area contributed by atoms with Crippen molar-refractivity contribution in [3.63, 3.8) is 0 Å². The number of ether oxygens (including phenoxy) is 3. The van der Waals surface area contributed by atoms with Gasteiger partial charge in [-0.2, -0.15) is 0 Å². The van der Waals surface area contributed by atoms with Gasteiger partial charge in [0.25, 0.3) is 5.97 Å². The van der Waals surface area contributed by atoms with Gasteiger partial charge < -0.3 is 19.9 Å². The van der Waals surface area contributed by atoms with E-state index in [1.165, 1.54) is 0 Å². The molecule has 0 amide bonds. The van der Waals surface area contributed by atoms with E-state index in [0.717, 1.165) is 0 Å². The first-order chi connectivity index (χ1) is 10.5. The standard InChI is InChI=1S/C15H20N4O3/c1-20-12-5-3-7-14(9-12)22-15(17,18)19-10-21-13-6-2-4-11(16)8-13/h2-9,19H,10,16-18H2,1H3. The van der Waals surface area contributed by atoms with Gasteiger partial charge in [-0.15, -0.1) is 0 Å². The molecule has 7 nitrogen and oxygen atoms in total. The molecule has 0 radical (unpaired) electrons. The van der Waals surface area contributed by atoms with Crippen LogP contribution < -0.4 is 36.7 Å². The van der Waals surface area contributed by atoms with Crippen molar-refractivity contribution in [2.24, 2.45) is 11.5 Å². The molecule has 0 aliphatic carbocycles. The Balaban J connectivity index is 1.87. The number of nitrogens with two attached hydrogens (primary N) is 3. The lowest BCUT2D eigenvalue weighted by Crippen LogP contribution is -2.66. The van der Waals surface area contributed by atoms with Gasteiger partial charge in [0.1, 0.15) is 24.0 Å². The summed E-state index contributed by atoms with van der Waals surface area (Å²) in [5.74, 6) is 0.127. The van der Waals surface area contributed by atoms with E-state index in [2.05, 4.69) is 5.32 Å². The molecule has 0 fully saturated rings. The van der Waals surface area contributed by atoms with E-state index < -0.39 is 5.97 Å². The van der Waals surface area contributed by atoms with E-state index in [-0.39, 0.29) is 6.73 Å². The largest absolute Gasteiger partial charge is 0.497 e. The Morgan fingerprint density at radius 2 is 1.68 bits per heavy atom. The summed E-state index contributed by atoms with van der Waals surface area (Å²) < 4.78 is 16.0. The van der Waals surface area contributed by atoms with Crippen LogP contribution in [-0.4, -0.2) is 19.8 Å². The Bertz CT molecular complexity index is 619. The van der Waals surface area contributed by atoms with E-state index in [1.807, 2.05) is 0 Å². The third kappa shape index (κ3) is 4.81. The normalized spacial score (nSPS) is 11.0. The summed E-state index contributed by atoms with van der Waals surface area (Å²) in [4.78, 5) is 0. The number of hydrogen-bond acceptors (Lipinski definition) is 7. The van der Waals surface area contributed by atoms with Gasteiger partial charge in [0.2, 0.25) is 0 Å². The summed E-state index contributed by atoms with van der Waals surface area (Å²) in [5.41, 5.74) is 17.9. The third-order valence-corrected chi connectivity index (χ3v) is 2.77. The second-order valence-electron chi connectivity index (χ2n) is 4.61. The van der Waals surface area contributed by atoms with E-state index in [4.69, 9.17) is 31.4 Å². The summed E-state index contributed by atoms with van der Waals surface area (Å²) in [6.45, 7) is 0.0560. The predicted molar refractivity (Wildman–Crippen MR) is 84.2 cm³/mol. The topological polar surface area (TPSA) is 118 Å². The average molecular weight is 304 g/mol. The SMILES string of the molecule is COc1cccc(OC(N)(N)NCOc2cccc(N)c2)c1. The van der Waals surface area contributed by atoms with Gasteiger partial charge in [0.15, 0.2) is 0 Å². The number of hydrogen-bond donors (Lipinski definition) is 4. The second kappa shape index (κ2) is 6.99. The van der Waals surface area contributed by atoms with Gasteiger partial charge >= 0.3 is 0 Å². The molecule has 0 bridgehead atoms. The molecule has 0 heterocycles. The molecule has 0 unspecified atom stereocenters. The highest BCUT2D eigenvalue weighted by molar-refractivity contribution is 5.43. The number of methoxy groups -OCH3 is 1. The number of benzene rings is 2. The molecule has 0 aliphatic heterocycles. The summed E-state index contributed by atoms with van der Waals surface area (Å²) in [5, 5.41) is 2.74. The van der Waals surface area contributed by atoms with Crippen molar-refractivity contribution >= 4 is 5.69 Å². The highest BCUT2D eigenvalue weighted by Gasteiger charge is 2.20. The van der Waals surface area contributed by atoms with Crippen LogP contribution in [0.4, 0.5) is 5.69 Å². The van der Waals surface area contributed by atoms with Crippen LogP contribution in [-0.2, 0) is 0 Å². The average Bonchev–Trinajstić information content (AvgIpc) is 2.47. The molecule has 0 saturated carbocycles. The van der Waals surface area contributed by atoms with Gasteiger partial charge in [0.05, 0.1) is 7.11 Å². The van der Waals surface area contributed by atoms with Crippen molar-refractivity contribution in [1.29, 1.82) is 0 Å². The van der Waals surface area contributed by atoms with E-state index >= 15 is 0 Å². The van der Waals surface area contributed by atoms with Gasteiger partial charge in [-0.1, -0.05) is 12.1 Å². The third-order valence-electron chi connectivity index (χ3n) is 2.77. The quantitative estimate of drug-likeness (QED) is 0.441. The molecule has 22 heavy (non-hydrogen) atoms. The highest BCUT2D eigenvalue weighted by atomic mass is 16.6. The Kier molecular flexibility index (Phi) is 5.05. The lowest BCUT2D eigenvalue weighted by molar-refractivity contribution is 0.0240. The molecule has 0 aromatic heterocycles. The van der Waals surface area contributed by atoms with Crippen LogP contribution in [0.2, 0.25) is 0 Å². The smallest absolute Gasteiger partial charge is 0.276 e. The molecule has 0 spiro atoms. The Hall–Kier alpha value is -2.48. The first kappa shape index (κ1) is 15.9. The Labute approximate surface area is 128 Å². The number of nitrogen functional groups attached to an aromatic ring is 1. The fourth-order valence-electron chi connectivity index (χ4n) is 1.73. The minimum atomic E-state index is -1.59. The van der Waals surface area contributed by atoms with Crippen molar-refractivity contribution in [3.05, 3.63) is 48.5 Å². The summed E-state index contributed by atoms with van der Waals surface area (Å²) in [7, 11) is 1.56. The monoisotopic (exact) mass is 304 g/mol. The zero-order valence-corrected chi connectivity index (χ0v) is 12.3. The van der Waals surface area contributed by atoms with Crippen LogP contribution in [0.1, 0.15) is 0 Å². The lowest BCUT2D eigenvalue weighted by Gasteiger charge is -2.26. The molecule has 2 aromatic rings. The van der Waals surface area contributed by atoms with E-state index in [1.54, 1.807) is 55.6 Å². The molecule has 0 atom stereocenters. The van der Waals surface area contributed by atoms with Crippen molar-refractivity contribution in [2.75, 3.05) is 19.6 Å². The number of anilines is 1. The van der Waals surface area contributed by atoms with Gasteiger partial charge in [-0.3, -0.25) is 11.5 Å². The lowest BCUT2D eigenvalue weighted by atomic mass is 10.3. The molecule has 118 valence electrons. The summed E-state index contributed by atoms with van der Waals surface area (Å²) in [6, 6.07) is 14.0. The van der Waals surface area contributed by atoms with Crippen LogP contribution >= 0.6 is 0 Å². The van der Waals surface area contributed by atoms with E-state index in [9.17, 15) is 0 Å². The Morgan fingerprint density at radius 3 is 2.41 bits per heavy atom. The zero-order chi connectivity index (χ0) is 16.0. The van der Waals surface area contributed by atoms with Gasteiger partial charge in [0, 0.05) is 17.8 Å². The number of nitrogens with one attached hydrogen (secondary N) is 1. The molecule has 7 heteroatoms. The minimum absolute atomic E-state index is 0.0560. The fraction of sp³-hybridized carbons (Fsp3) is 0.200. The highest BCUT2D eigenvalue weighted by Crippen LogP contribution is 2.20. The van der Waals surface area contributed by atoms with Crippen molar-refractivity contribution < 1.29 is 14.2 Å².